The van der Waals surface area contributed by atoms with Gasteiger partial charge in [0.25, 0.3) is 0 Å². The Hall–Kier alpha value is -1.94. The molecule has 0 radical (unpaired) electrons. The molecule has 0 bridgehead atoms. The highest BCUT2D eigenvalue weighted by molar-refractivity contribution is 7.47. The minimum absolute atomic E-state index is 0.106. The molecule has 3 unspecified atom stereocenters. The molecule has 19 heteroatoms. The predicted molar refractivity (Wildman–Crippen MR) is 358 cm³/mol. The monoisotopic (exact) mass is 1310 g/mol. The number of carbonyl (C=O) groups is 4. The van der Waals surface area contributed by atoms with Crippen LogP contribution in [0.1, 0.15) is 362 Å². The number of aliphatic hydroxyl groups excluding tert-OH is 1. The number of rotatable bonds is 70. The van der Waals surface area contributed by atoms with Crippen LogP contribution in [-0.2, 0) is 65.4 Å². The van der Waals surface area contributed by atoms with Crippen molar-refractivity contribution in [1.82, 2.24) is 0 Å². The van der Waals surface area contributed by atoms with Crippen molar-refractivity contribution in [2.75, 3.05) is 39.6 Å². The second-order valence-electron chi connectivity index (χ2n) is 25.5. The lowest BCUT2D eigenvalue weighted by Gasteiger charge is -2.21. The molecule has 0 spiro atoms. The highest BCUT2D eigenvalue weighted by atomic mass is 31.2. The standard InChI is InChI=1S/C70H136O17P2/c1-6-10-13-16-18-20-22-23-24-25-26-27-28-29-30-31-37-41-46-51-56-70(75)87-66(60-81-68(73)54-49-44-39-36-33-32-34-38-43-47-52-63(5)9-4)62-85-89(78,79)83-58-64(71)57-82-88(76,77)84-61-65(59-80-67(72)53-48-42-15-12-8-3)86-69(74)55-50-45-40-35-21-19-17-14-11-7-2/h63-66,71H,6-62H2,1-5H3,(H,76,77)(H,78,79)/t63?,64-,65+,66+/m0/s1. The molecule has 89 heavy (non-hydrogen) atoms. The molecular weight excluding hydrogens is 1170 g/mol. The number of aliphatic hydroxyl groups is 1. The smallest absolute Gasteiger partial charge is 0.462 e. The van der Waals surface area contributed by atoms with Crippen molar-refractivity contribution in [1.29, 1.82) is 0 Å². The first-order chi connectivity index (χ1) is 43.1. The Labute approximate surface area is 543 Å². The molecule has 3 N–H and O–H groups in total. The van der Waals surface area contributed by atoms with E-state index in [0.29, 0.717) is 25.7 Å². The highest BCUT2D eigenvalue weighted by Crippen LogP contribution is 2.45. The summed E-state index contributed by atoms with van der Waals surface area (Å²) in [4.78, 5) is 72.2. The Morgan fingerprint density at radius 3 is 0.798 bits per heavy atom. The first-order valence-corrected chi connectivity index (χ1v) is 39.7. The number of carbonyl (C=O) groups excluding carboxylic acids is 4. The van der Waals surface area contributed by atoms with Crippen molar-refractivity contribution in [3.63, 3.8) is 0 Å². The number of phosphoric acid groups is 2. The summed E-state index contributed by atoms with van der Waals surface area (Å²) in [5, 5.41) is 10.5. The maximum absolute atomic E-state index is 13.0. The number of phosphoric ester groups is 2. The molecule has 17 nitrogen and oxygen atoms in total. The lowest BCUT2D eigenvalue weighted by atomic mass is 9.99. The van der Waals surface area contributed by atoms with Gasteiger partial charge in [-0.05, 0) is 31.6 Å². The Balaban J connectivity index is 5.13. The summed E-state index contributed by atoms with van der Waals surface area (Å²) in [6, 6.07) is 0. The van der Waals surface area contributed by atoms with Crippen molar-refractivity contribution in [3.8, 4) is 0 Å². The van der Waals surface area contributed by atoms with E-state index in [1.54, 1.807) is 0 Å². The van der Waals surface area contributed by atoms with Crippen LogP contribution < -0.4 is 0 Å². The fourth-order valence-corrected chi connectivity index (χ4v) is 12.2. The number of unbranched alkanes of at least 4 members (excludes halogenated alkanes) is 41. The maximum atomic E-state index is 13.0. The molecule has 0 heterocycles. The lowest BCUT2D eigenvalue weighted by Crippen LogP contribution is -2.30. The summed E-state index contributed by atoms with van der Waals surface area (Å²) in [5.74, 6) is -1.33. The lowest BCUT2D eigenvalue weighted by molar-refractivity contribution is -0.161. The van der Waals surface area contributed by atoms with Gasteiger partial charge >= 0.3 is 39.5 Å². The summed E-state index contributed by atoms with van der Waals surface area (Å²) in [5.41, 5.74) is 0. The van der Waals surface area contributed by atoms with Crippen LogP contribution in [0.15, 0.2) is 0 Å². The van der Waals surface area contributed by atoms with Crippen LogP contribution in [0.5, 0.6) is 0 Å². The molecule has 0 aliphatic heterocycles. The maximum Gasteiger partial charge on any atom is 0.472 e. The molecule has 0 aliphatic rings. The van der Waals surface area contributed by atoms with Crippen LogP contribution >= 0.6 is 15.6 Å². The molecule has 0 rings (SSSR count). The summed E-state index contributed by atoms with van der Waals surface area (Å²) in [7, 11) is -9.89. The molecule has 0 fully saturated rings. The van der Waals surface area contributed by atoms with E-state index in [4.69, 9.17) is 37.0 Å². The van der Waals surface area contributed by atoms with Crippen LogP contribution in [-0.4, -0.2) is 96.7 Å². The van der Waals surface area contributed by atoms with Crippen LogP contribution in [0.3, 0.4) is 0 Å². The summed E-state index contributed by atoms with van der Waals surface area (Å²) < 4.78 is 68.0. The summed E-state index contributed by atoms with van der Waals surface area (Å²) in [6.45, 7) is 7.17. The number of hydrogen-bond acceptors (Lipinski definition) is 15. The van der Waals surface area contributed by atoms with Gasteiger partial charge < -0.3 is 33.8 Å². The van der Waals surface area contributed by atoms with Gasteiger partial charge in [0.05, 0.1) is 26.4 Å². The van der Waals surface area contributed by atoms with Crippen LogP contribution in [0.2, 0.25) is 0 Å². The molecule has 0 aromatic rings. The average Bonchev–Trinajstić information content (AvgIpc) is 3.51. The zero-order valence-electron chi connectivity index (χ0n) is 57.6. The van der Waals surface area contributed by atoms with E-state index in [2.05, 4.69) is 34.6 Å². The third-order valence-electron chi connectivity index (χ3n) is 16.6. The second-order valence-corrected chi connectivity index (χ2v) is 28.4. The third kappa shape index (κ3) is 63.2. The van der Waals surface area contributed by atoms with Crippen molar-refractivity contribution < 1.29 is 80.2 Å². The molecule has 6 atom stereocenters. The zero-order chi connectivity index (χ0) is 65.6. The van der Waals surface area contributed by atoms with Crippen LogP contribution in [0.4, 0.5) is 0 Å². The molecule has 0 amide bonds. The predicted octanol–water partition coefficient (Wildman–Crippen LogP) is 20.1. The van der Waals surface area contributed by atoms with E-state index in [-0.39, 0.29) is 25.7 Å². The van der Waals surface area contributed by atoms with Gasteiger partial charge in [0.15, 0.2) is 12.2 Å². The van der Waals surface area contributed by atoms with Gasteiger partial charge in [0.2, 0.25) is 0 Å². The second kappa shape index (κ2) is 63.5. The summed E-state index contributed by atoms with van der Waals surface area (Å²) in [6.07, 6.45) is 50.4. The minimum Gasteiger partial charge on any atom is -0.462 e. The van der Waals surface area contributed by atoms with Crippen molar-refractivity contribution >= 4 is 39.5 Å². The van der Waals surface area contributed by atoms with Crippen LogP contribution in [0, 0.1) is 5.92 Å². The molecule has 0 aliphatic carbocycles. The molecule has 0 aromatic heterocycles. The largest absolute Gasteiger partial charge is 0.472 e. The Morgan fingerprint density at radius 2 is 0.539 bits per heavy atom. The van der Waals surface area contributed by atoms with Crippen molar-refractivity contribution in [2.45, 2.75) is 380 Å². The average molecular weight is 1310 g/mol. The van der Waals surface area contributed by atoms with E-state index in [1.165, 1.54) is 180 Å². The van der Waals surface area contributed by atoms with Gasteiger partial charge in [-0.3, -0.25) is 37.3 Å². The fourth-order valence-electron chi connectivity index (χ4n) is 10.6. The first-order valence-electron chi connectivity index (χ1n) is 36.7. The van der Waals surface area contributed by atoms with Gasteiger partial charge in [0.1, 0.15) is 19.3 Å². The van der Waals surface area contributed by atoms with Crippen molar-refractivity contribution in [2.24, 2.45) is 5.92 Å². The zero-order valence-corrected chi connectivity index (χ0v) is 59.4. The minimum atomic E-state index is -4.95. The fraction of sp³-hybridized carbons (Fsp3) is 0.943. The van der Waals surface area contributed by atoms with E-state index in [1.807, 2.05) is 0 Å². The summed E-state index contributed by atoms with van der Waals surface area (Å²) >= 11 is 0. The number of esters is 4. The van der Waals surface area contributed by atoms with E-state index < -0.39 is 97.5 Å². The highest BCUT2D eigenvalue weighted by Gasteiger charge is 2.30. The van der Waals surface area contributed by atoms with Crippen LogP contribution in [0.25, 0.3) is 0 Å². The molecule has 0 aromatic carbocycles. The topological polar surface area (TPSA) is 237 Å². The quantitative estimate of drug-likeness (QED) is 0.0222. The normalized spacial score (nSPS) is 14.4. The van der Waals surface area contributed by atoms with Gasteiger partial charge in [-0.1, -0.05) is 311 Å². The number of hydrogen-bond donors (Lipinski definition) is 3. The van der Waals surface area contributed by atoms with Gasteiger partial charge in [0, 0.05) is 25.7 Å². The Morgan fingerprint density at radius 1 is 0.315 bits per heavy atom. The Kier molecular flexibility index (Phi) is 62.1. The first kappa shape index (κ1) is 87.1. The van der Waals surface area contributed by atoms with Gasteiger partial charge in [-0.15, -0.1) is 0 Å². The van der Waals surface area contributed by atoms with E-state index in [9.17, 15) is 43.2 Å². The van der Waals surface area contributed by atoms with Gasteiger partial charge in [-0.25, -0.2) is 9.13 Å². The molecule has 528 valence electrons. The number of ether oxygens (including phenoxy) is 4. The SMILES string of the molecule is CCCCCCCCCCCCCCCCCCCCCCC(=O)O[C@H](COC(=O)CCCCCCCCCCCCC(C)CC)COP(=O)(O)OC[C@@H](O)COP(=O)(O)OC[C@@H](COC(=O)CCCCCCC)OC(=O)CCCCCCCCCCCC. The Bertz CT molecular complexity index is 1720. The van der Waals surface area contributed by atoms with Crippen molar-refractivity contribution in [3.05, 3.63) is 0 Å². The third-order valence-corrected chi connectivity index (χ3v) is 18.5. The molecule has 0 saturated heterocycles. The molecular formula is C70H136O17P2. The van der Waals surface area contributed by atoms with E-state index >= 15 is 0 Å². The van der Waals surface area contributed by atoms with E-state index in [0.717, 1.165) is 102 Å². The van der Waals surface area contributed by atoms with Gasteiger partial charge in [-0.2, -0.15) is 0 Å². The molecule has 0 saturated carbocycles.